The third kappa shape index (κ3) is 7.62. The molecule has 0 bridgehead atoms. The molecule has 0 aromatic heterocycles. The van der Waals surface area contributed by atoms with Crippen LogP contribution in [0.2, 0.25) is 0 Å². The van der Waals surface area contributed by atoms with Gasteiger partial charge in [0.1, 0.15) is 0 Å². The van der Waals surface area contributed by atoms with Gasteiger partial charge in [-0.1, -0.05) is 39.8 Å². The van der Waals surface area contributed by atoms with E-state index >= 15 is 0 Å². The predicted molar refractivity (Wildman–Crippen MR) is 95.2 cm³/mol. The van der Waals surface area contributed by atoms with Crippen molar-refractivity contribution in [3.63, 3.8) is 0 Å². The largest absolute Gasteiger partial charge is 0.462 e. The molecule has 0 N–H and O–H groups in total. The Labute approximate surface area is 151 Å². The summed E-state index contributed by atoms with van der Waals surface area (Å²) in [4.78, 5) is 25.0. The second-order valence-electron chi connectivity index (χ2n) is 6.59. The molecule has 0 radical (unpaired) electrons. The van der Waals surface area contributed by atoms with E-state index in [4.69, 9.17) is 15.0 Å². The van der Waals surface area contributed by atoms with Crippen LogP contribution in [0.15, 0.2) is 24.2 Å². The van der Waals surface area contributed by atoms with Gasteiger partial charge in [-0.05, 0) is 49.6 Å². The standard InChI is InChI=1S/C20H30O4/c1-15(2)9-7-13-23-19(21)17-11-5-6-12-18(17)20(22)24-14-8-10-16(3)4/h5-6,11-12,15-16H,7-10,13-14H2,1-4H3/i5D,6D,11D,12D. The van der Waals surface area contributed by atoms with Crippen LogP contribution in [0.3, 0.4) is 0 Å². The second-order valence-corrected chi connectivity index (χ2v) is 6.59. The first-order valence-corrected chi connectivity index (χ1v) is 8.52. The van der Waals surface area contributed by atoms with Crippen LogP contribution < -0.4 is 0 Å². The number of hydrogen-bond donors (Lipinski definition) is 0. The maximum atomic E-state index is 12.5. The highest BCUT2D eigenvalue weighted by Gasteiger charge is 2.18. The molecular formula is C20H30O4. The maximum Gasteiger partial charge on any atom is 0.339 e. The Morgan fingerprint density at radius 1 is 0.875 bits per heavy atom. The van der Waals surface area contributed by atoms with Gasteiger partial charge in [0, 0.05) is 0 Å². The van der Waals surface area contributed by atoms with Crippen molar-refractivity contribution in [1.82, 2.24) is 0 Å². The highest BCUT2D eigenvalue weighted by molar-refractivity contribution is 6.03. The Balaban J connectivity index is 3.06. The molecule has 1 rings (SSSR count). The molecule has 0 aliphatic heterocycles. The molecule has 134 valence electrons. The third-order valence-electron chi connectivity index (χ3n) is 3.41. The van der Waals surface area contributed by atoms with Crippen molar-refractivity contribution in [1.29, 1.82) is 0 Å². The predicted octanol–water partition coefficient (Wildman–Crippen LogP) is 4.87. The summed E-state index contributed by atoms with van der Waals surface area (Å²) in [5.41, 5.74) is -0.936. The molecule has 0 spiro atoms. The van der Waals surface area contributed by atoms with Crippen molar-refractivity contribution >= 4 is 11.9 Å². The average Bonchev–Trinajstić information content (AvgIpc) is 2.62. The summed E-state index contributed by atoms with van der Waals surface area (Å²) in [7, 11) is 0. The van der Waals surface area contributed by atoms with Crippen LogP contribution in [-0.2, 0) is 9.47 Å². The third-order valence-corrected chi connectivity index (χ3v) is 3.41. The van der Waals surface area contributed by atoms with E-state index in [1.165, 1.54) is 0 Å². The first-order valence-electron chi connectivity index (χ1n) is 10.5. The van der Waals surface area contributed by atoms with Crippen LogP contribution in [0.25, 0.3) is 0 Å². The number of rotatable bonds is 10. The molecule has 24 heavy (non-hydrogen) atoms. The number of carbonyl (C=O) groups excluding carboxylic acids is 2. The van der Waals surface area contributed by atoms with Gasteiger partial charge in [0.25, 0.3) is 0 Å². The fraction of sp³-hybridized carbons (Fsp3) is 0.600. The van der Waals surface area contributed by atoms with E-state index in [9.17, 15) is 9.59 Å². The lowest BCUT2D eigenvalue weighted by atomic mass is 10.1. The van der Waals surface area contributed by atoms with Crippen LogP contribution in [0.1, 0.15) is 79.6 Å². The fourth-order valence-corrected chi connectivity index (χ4v) is 2.08. The van der Waals surface area contributed by atoms with Crippen LogP contribution >= 0.6 is 0 Å². The van der Waals surface area contributed by atoms with E-state index in [2.05, 4.69) is 0 Å². The minimum absolute atomic E-state index is 0.114. The minimum atomic E-state index is -0.940. The number of ether oxygens (including phenoxy) is 2. The zero-order chi connectivity index (χ0) is 21.4. The lowest BCUT2D eigenvalue weighted by Crippen LogP contribution is -2.15. The van der Waals surface area contributed by atoms with E-state index < -0.39 is 47.2 Å². The Kier molecular flexibility index (Phi) is 6.55. The van der Waals surface area contributed by atoms with E-state index in [1.54, 1.807) is 0 Å². The van der Waals surface area contributed by atoms with Crippen molar-refractivity contribution in [2.75, 3.05) is 13.2 Å². The van der Waals surface area contributed by atoms with Gasteiger partial charge >= 0.3 is 11.9 Å². The molecule has 0 fully saturated rings. The Hall–Kier alpha value is -1.84. The molecule has 0 saturated heterocycles. The summed E-state index contributed by atoms with van der Waals surface area (Å²) < 4.78 is 41.9. The molecule has 4 nitrogen and oxygen atoms in total. The number of carbonyl (C=O) groups is 2. The van der Waals surface area contributed by atoms with Gasteiger partial charge in [-0.25, -0.2) is 9.59 Å². The monoisotopic (exact) mass is 338 g/mol. The summed E-state index contributed by atoms with van der Waals surface area (Å²) >= 11 is 0. The fourth-order valence-electron chi connectivity index (χ4n) is 2.08. The van der Waals surface area contributed by atoms with E-state index in [0.717, 1.165) is 12.8 Å². The minimum Gasteiger partial charge on any atom is -0.462 e. The molecule has 1 aromatic carbocycles. The van der Waals surface area contributed by atoms with Crippen molar-refractivity contribution in [3.05, 3.63) is 35.3 Å². The topological polar surface area (TPSA) is 52.6 Å². The van der Waals surface area contributed by atoms with Crippen molar-refractivity contribution < 1.29 is 24.5 Å². The Morgan fingerprint density at radius 2 is 1.25 bits per heavy atom. The van der Waals surface area contributed by atoms with Gasteiger partial charge in [-0.3, -0.25) is 0 Å². The lowest BCUT2D eigenvalue weighted by Gasteiger charge is -2.11. The van der Waals surface area contributed by atoms with Crippen LogP contribution in [-0.4, -0.2) is 25.2 Å². The summed E-state index contributed by atoms with van der Waals surface area (Å²) in [6, 6.07) is -2.36. The number of esters is 2. The zero-order valence-electron chi connectivity index (χ0n) is 19.0. The summed E-state index contributed by atoms with van der Waals surface area (Å²) in [6.07, 6.45) is 2.96. The smallest absolute Gasteiger partial charge is 0.339 e. The highest BCUT2D eigenvalue weighted by atomic mass is 16.5. The zero-order valence-corrected chi connectivity index (χ0v) is 15.0. The van der Waals surface area contributed by atoms with Gasteiger partial charge in [0.05, 0.1) is 29.8 Å². The molecule has 0 aliphatic carbocycles. The van der Waals surface area contributed by atoms with Gasteiger partial charge in [0.2, 0.25) is 0 Å². The van der Waals surface area contributed by atoms with Crippen molar-refractivity contribution in [3.8, 4) is 0 Å². The van der Waals surface area contributed by atoms with Gasteiger partial charge < -0.3 is 9.47 Å². The van der Waals surface area contributed by atoms with E-state index in [0.29, 0.717) is 24.7 Å². The van der Waals surface area contributed by atoms with Crippen molar-refractivity contribution in [2.24, 2.45) is 11.8 Å². The molecule has 0 atom stereocenters. The normalized spacial score (nSPS) is 13.2. The van der Waals surface area contributed by atoms with E-state index in [-0.39, 0.29) is 13.2 Å². The van der Waals surface area contributed by atoms with E-state index in [1.807, 2.05) is 27.7 Å². The second kappa shape index (κ2) is 10.8. The molecule has 0 amide bonds. The maximum absolute atomic E-state index is 12.5. The molecular weight excluding hydrogens is 304 g/mol. The van der Waals surface area contributed by atoms with Crippen LogP contribution in [0.4, 0.5) is 0 Å². The molecule has 0 heterocycles. The van der Waals surface area contributed by atoms with Crippen LogP contribution in [0.5, 0.6) is 0 Å². The first-order chi connectivity index (χ1) is 13.1. The van der Waals surface area contributed by atoms with Gasteiger partial charge in [-0.15, -0.1) is 0 Å². The highest BCUT2D eigenvalue weighted by Crippen LogP contribution is 2.13. The number of hydrogen-bond acceptors (Lipinski definition) is 4. The molecule has 1 aromatic rings. The summed E-state index contributed by atoms with van der Waals surface area (Å²) in [6.45, 7) is 8.41. The first kappa shape index (κ1) is 14.5. The Bertz CT molecular complexity index is 643. The number of benzene rings is 1. The molecule has 0 saturated carbocycles. The average molecular weight is 338 g/mol. The van der Waals surface area contributed by atoms with Gasteiger partial charge in [-0.2, -0.15) is 0 Å². The van der Waals surface area contributed by atoms with Crippen LogP contribution in [0, 0.1) is 11.8 Å². The van der Waals surface area contributed by atoms with Gasteiger partial charge in [0.15, 0.2) is 0 Å². The Morgan fingerprint density at radius 3 is 1.58 bits per heavy atom. The molecule has 0 unspecified atom stereocenters. The molecule has 0 aliphatic rings. The molecule has 4 heteroatoms. The lowest BCUT2D eigenvalue weighted by molar-refractivity contribution is 0.0447. The summed E-state index contributed by atoms with van der Waals surface area (Å²) in [5.74, 6) is -0.983. The SMILES string of the molecule is [2H]c1c([2H])c([2H])c(C(=O)OCCCC(C)C)c(C(=O)OCCCC(C)C)c1[2H]. The summed E-state index contributed by atoms with van der Waals surface area (Å²) in [5, 5.41) is 0. The van der Waals surface area contributed by atoms with Crippen molar-refractivity contribution in [2.45, 2.75) is 53.4 Å². The quantitative estimate of drug-likeness (QED) is 0.451.